The zero-order valence-corrected chi connectivity index (χ0v) is 12.3. The van der Waals surface area contributed by atoms with Crippen molar-refractivity contribution >= 4 is 5.91 Å². The molecule has 0 bridgehead atoms. The second-order valence-electron chi connectivity index (χ2n) is 5.70. The van der Waals surface area contributed by atoms with Crippen LogP contribution < -0.4 is 10.1 Å². The largest absolute Gasteiger partial charge is 0.478 e. The second-order valence-corrected chi connectivity index (χ2v) is 5.70. The minimum atomic E-state index is -0.601. The van der Waals surface area contributed by atoms with E-state index in [2.05, 4.69) is 11.2 Å². The number of terminal acetylenes is 1. The molecular formula is C16H20FNO2. The van der Waals surface area contributed by atoms with Gasteiger partial charge in [0.15, 0.2) is 11.6 Å². The number of halogens is 1. The van der Waals surface area contributed by atoms with Gasteiger partial charge in [-0.05, 0) is 30.5 Å². The van der Waals surface area contributed by atoms with E-state index in [1.807, 2.05) is 27.7 Å². The fourth-order valence-corrected chi connectivity index (χ4v) is 1.38. The molecule has 1 N–H and O–H groups in total. The highest BCUT2D eigenvalue weighted by atomic mass is 19.1. The van der Waals surface area contributed by atoms with Crippen LogP contribution in [0.5, 0.6) is 5.75 Å². The van der Waals surface area contributed by atoms with Gasteiger partial charge in [-0.15, -0.1) is 6.42 Å². The minimum Gasteiger partial charge on any atom is -0.478 e. The Bertz CT molecular complexity index is 526. The van der Waals surface area contributed by atoms with E-state index in [1.165, 1.54) is 12.1 Å². The van der Waals surface area contributed by atoms with Gasteiger partial charge >= 0.3 is 0 Å². The van der Waals surface area contributed by atoms with Crippen molar-refractivity contribution in [3.8, 4) is 18.1 Å². The Kier molecular flexibility index (Phi) is 5.15. The molecule has 0 spiro atoms. The predicted octanol–water partition coefficient (Wildman–Crippen LogP) is 3.00. The first-order valence-electron chi connectivity index (χ1n) is 6.42. The molecule has 1 aromatic carbocycles. The highest BCUT2D eigenvalue weighted by Crippen LogP contribution is 2.21. The van der Waals surface area contributed by atoms with Gasteiger partial charge in [-0.25, -0.2) is 4.39 Å². The van der Waals surface area contributed by atoms with Crippen molar-refractivity contribution in [3.05, 3.63) is 29.6 Å². The fraction of sp³-hybridized carbons (Fsp3) is 0.438. The average molecular weight is 277 g/mol. The lowest BCUT2D eigenvalue weighted by Crippen LogP contribution is -2.41. The first kappa shape index (κ1) is 16.0. The molecule has 108 valence electrons. The molecule has 0 heterocycles. The summed E-state index contributed by atoms with van der Waals surface area (Å²) < 4.78 is 18.7. The zero-order chi connectivity index (χ0) is 15.3. The highest BCUT2D eigenvalue weighted by Gasteiger charge is 2.22. The standard InChI is InChI=1S/C16H20FNO2/c1-6-9-20-14-8-7-12(10-13(14)17)15(19)18-11(2)16(3,4)5/h1,7-8,10-11H,9H2,2-5H3,(H,18,19). The van der Waals surface area contributed by atoms with Crippen LogP contribution in [0.4, 0.5) is 4.39 Å². The Morgan fingerprint density at radius 2 is 2.15 bits per heavy atom. The van der Waals surface area contributed by atoms with Crippen LogP contribution in [0.2, 0.25) is 0 Å². The molecule has 0 aliphatic carbocycles. The predicted molar refractivity (Wildman–Crippen MR) is 77.1 cm³/mol. The molecule has 1 atom stereocenters. The Morgan fingerprint density at radius 1 is 1.50 bits per heavy atom. The summed E-state index contributed by atoms with van der Waals surface area (Å²) in [4.78, 5) is 12.0. The second kappa shape index (κ2) is 6.42. The van der Waals surface area contributed by atoms with E-state index in [0.717, 1.165) is 6.07 Å². The third-order valence-electron chi connectivity index (χ3n) is 3.15. The lowest BCUT2D eigenvalue weighted by molar-refractivity contribution is 0.0909. The quantitative estimate of drug-likeness (QED) is 0.859. The Balaban J connectivity index is 2.80. The molecule has 1 amide bonds. The van der Waals surface area contributed by atoms with E-state index in [0.29, 0.717) is 0 Å². The molecule has 0 fully saturated rings. The molecule has 0 aliphatic heterocycles. The summed E-state index contributed by atoms with van der Waals surface area (Å²) in [5.41, 5.74) is 0.191. The number of rotatable bonds is 4. The molecule has 1 rings (SSSR count). The Labute approximate surface area is 119 Å². The van der Waals surface area contributed by atoms with Crippen molar-refractivity contribution in [1.29, 1.82) is 0 Å². The number of carbonyl (C=O) groups excluding carboxylic acids is 1. The number of carbonyl (C=O) groups is 1. The van der Waals surface area contributed by atoms with Crippen LogP contribution in [0.25, 0.3) is 0 Å². The van der Waals surface area contributed by atoms with Crippen LogP contribution in [0.15, 0.2) is 18.2 Å². The summed E-state index contributed by atoms with van der Waals surface area (Å²) in [7, 11) is 0. The van der Waals surface area contributed by atoms with Crippen molar-refractivity contribution in [2.24, 2.45) is 5.41 Å². The average Bonchev–Trinajstić information content (AvgIpc) is 2.36. The highest BCUT2D eigenvalue weighted by molar-refractivity contribution is 5.94. The molecule has 4 heteroatoms. The van der Waals surface area contributed by atoms with Crippen LogP contribution >= 0.6 is 0 Å². The third kappa shape index (κ3) is 4.27. The molecule has 0 saturated heterocycles. The number of ether oxygens (including phenoxy) is 1. The third-order valence-corrected chi connectivity index (χ3v) is 3.15. The van der Waals surface area contributed by atoms with Crippen molar-refractivity contribution in [2.45, 2.75) is 33.7 Å². The lowest BCUT2D eigenvalue weighted by Gasteiger charge is -2.28. The fourth-order valence-electron chi connectivity index (χ4n) is 1.38. The number of hydrogen-bond donors (Lipinski definition) is 1. The number of benzene rings is 1. The SMILES string of the molecule is C#CCOc1ccc(C(=O)NC(C)C(C)(C)C)cc1F. The van der Waals surface area contributed by atoms with Gasteiger partial charge < -0.3 is 10.1 Å². The van der Waals surface area contributed by atoms with Gasteiger partial charge in [-0.3, -0.25) is 4.79 Å². The molecule has 0 radical (unpaired) electrons. The Morgan fingerprint density at radius 3 is 2.65 bits per heavy atom. The maximum absolute atomic E-state index is 13.7. The summed E-state index contributed by atoms with van der Waals surface area (Å²) in [5.74, 6) is 1.39. The summed E-state index contributed by atoms with van der Waals surface area (Å²) >= 11 is 0. The zero-order valence-electron chi connectivity index (χ0n) is 12.3. The van der Waals surface area contributed by atoms with Crippen LogP contribution in [0.1, 0.15) is 38.1 Å². The maximum atomic E-state index is 13.7. The van der Waals surface area contributed by atoms with Gasteiger partial charge in [-0.1, -0.05) is 26.7 Å². The van der Waals surface area contributed by atoms with Crippen LogP contribution in [0, 0.1) is 23.6 Å². The number of amides is 1. The number of nitrogens with one attached hydrogen (secondary N) is 1. The van der Waals surface area contributed by atoms with Gasteiger partial charge in [0.25, 0.3) is 5.91 Å². The topological polar surface area (TPSA) is 38.3 Å². The summed E-state index contributed by atoms with van der Waals surface area (Å²) in [6.45, 7) is 7.97. The molecule has 1 aromatic rings. The van der Waals surface area contributed by atoms with Gasteiger partial charge in [0.2, 0.25) is 0 Å². The lowest BCUT2D eigenvalue weighted by atomic mass is 9.88. The van der Waals surface area contributed by atoms with Gasteiger partial charge in [0.1, 0.15) is 6.61 Å². The van der Waals surface area contributed by atoms with Gasteiger partial charge in [0, 0.05) is 11.6 Å². The van der Waals surface area contributed by atoms with E-state index in [9.17, 15) is 9.18 Å². The van der Waals surface area contributed by atoms with Gasteiger partial charge in [0.05, 0.1) is 0 Å². The van der Waals surface area contributed by atoms with E-state index in [4.69, 9.17) is 11.2 Å². The molecule has 0 saturated carbocycles. The minimum absolute atomic E-state index is 0.0104. The monoisotopic (exact) mass is 277 g/mol. The molecule has 20 heavy (non-hydrogen) atoms. The van der Waals surface area contributed by atoms with E-state index in [-0.39, 0.29) is 35.3 Å². The smallest absolute Gasteiger partial charge is 0.251 e. The molecule has 3 nitrogen and oxygen atoms in total. The molecule has 0 aliphatic rings. The molecule has 1 unspecified atom stereocenters. The normalized spacial score (nSPS) is 12.4. The first-order chi connectivity index (χ1) is 9.25. The summed E-state index contributed by atoms with van der Waals surface area (Å²) in [5, 5.41) is 2.85. The van der Waals surface area contributed by atoms with Crippen molar-refractivity contribution in [2.75, 3.05) is 6.61 Å². The van der Waals surface area contributed by atoms with E-state index >= 15 is 0 Å². The van der Waals surface area contributed by atoms with Crippen molar-refractivity contribution in [3.63, 3.8) is 0 Å². The van der Waals surface area contributed by atoms with Crippen LogP contribution in [-0.4, -0.2) is 18.6 Å². The van der Waals surface area contributed by atoms with E-state index < -0.39 is 5.82 Å². The summed E-state index contributed by atoms with van der Waals surface area (Å²) in [6, 6.07) is 4.04. The van der Waals surface area contributed by atoms with E-state index in [1.54, 1.807) is 0 Å². The number of hydrogen-bond acceptors (Lipinski definition) is 2. The van der Waals surface area contributed by atoms with Crippen molar-refractivity contribution in [1.82, 2.24) is 5.32 Å². The van der Waals surface area contributed by atoms with Gasteiger partial charge in [-0.2, -0.15) is 0 Å². The Hall–Kier alpha value is -2.02. The summed E-state index contributed by atoms with van der Waals surface area (Å²) in [6.07, 6.45) is 5.04. The van der Waals surface area contributed by atoms with Crippen molar-refractivity contribution < 1.29 is 13.9 Å². The molecular weight excluding hydrogens is 257 g/mol. The van der Waals surface area contributed by atoms with Crippen LogP contribution in [0.3, 0.4) is 0 Å². The first-order valence-corrected chi connectivity index (χ1v) is 6.42. The molecule has 0 aromatic heterocycles. The van der Waals surface area contributed by atoms with Crippen LogP contribution in [-0.2, 0) is 0 Å². The maximum Gasteiger partial charge on any atom is 0.251 e.